The third-order valence-corrected chi connectivity index (χ3v) is 4.34. The molecule has 1 aliphatic heterocycles. The van der Waals surface area contributed by atoms with Crippen LogP contribution >= 0.6 is 0 Å². The SMILES string of the molecule is Cc1cc(C)cc(NC(=O)[C@@H]2CC(=O)N(c3cccc([N+](=O)[O-])c3)C2)c1. The van der Waals surface area contributed by atoms with E-state index in [0.717, 1.165) is 11.1 Å². The smallest absolute Gasteiger partial charge is 0.271 e. The van der Waals surface area contributed by atoms with Gasteiger partial charge < -0.3 is 10.2 Å². The minimum atomic E-state index is -0.506. The Morgan fingerprint density at radius 2 is 1.88 bits per heavy atom. The lowest BCUT2D eigenvalue weighted by Crippen LogP contribution is -2.28. The third-order valence-electron chi connectivity index (χ3n) is 4.34. The van der Waals surface area contributed by atoms with Crippen molar-refractivity contribution in [3.63, 3.8) is 0 Å². The molecular weight excluding hydrogens is 334 g/mol. The summed E-state index contributed by atoms with van der Waals surface area (Å²) in [5.74, 6) is -0.940. The highest BCUT2D eigenvalue weighted by Gasteiger charge is 2.35. The minimum absolute atomic E-state index is 0.0827. The molecule has 3 rings (SSSR count). The van der Waals surface area contributed by atoms with Gasteiger partial charge in [-0.05, 0) is 43.2 Å². The summed E-state index contributed by atoms with van der Waals surface area (Å²) in [5.41, 5.74) is 3.14. The molecule has 2 aromatic rings. The van der Waals surface area contributed by atoms with Crippen LogP contribution < -0.4 is 10.2 Å². The number of benzene rings is 2. The highest BCUT2D eigenvalue weighted by atomic mass is 16.6. The summed E-state index contributed by atoms with van der Waals surface area (Å²) < 4.78 is 0. The van der Waals surface area contributed by atoms with Crippen molar-refractivity contribution in [3.8, 4) is 0 Å². The van der Waals surface area contributed by atoms with Gasteiger partial charge in [0.1, 0.15) is 0 Å². The van der Waals surface area contributed by atoms with Crippen molar-refractivity contribution in [1.29, 1.82) is 0 Å². The molecule has 0 spiro atoms. The van der Waals surface area contributed by atoms with E-state index in [1.807, 2.05) is 32.0 Å². The van der Waals surface area contributed by atoms with Gasteiger partial charge in [0.2, 0.25) is 11.8 Å². The molecule has 0 aromatic heterocycles. The molecule has 0 aliphatic carbocycles. The maximum absolute atomic E-state index is 12.5. The van der Waals surface area contributed by atoms with Crippen molar-refractivity contribution < 1.29 is 14.5 Å². The monoisotopic (exact) mass is 353 g/mol. The van der Waals surface area contributed by atoms with Crippen LogP contribution in [-0.2, 0) is 9.59 Å². The Balaban J connectivity index is 1.73. The summed E-state index contributed by atoms with van der Waals surface area (Å²) in [5, 5.41) is 13.8. The van der Waals surface area contributed by atoms with Crippen LogP contribution in [0.3, 0.4) is 0 Å². The lowest BCUT2D eigenvalue weighted by Gasteiger charge is -2.16. The van der Waals surface area contributed by atoms with E-state index >= 15 is 0 Å². The molecule has 7 heteroatoms. The largest absolute Gasteiger partial charge is 0.326 e. The lowest BCUT2D eigenvalue weighted by atomic mass is 10.1. The standard InChI is InChI=1S/C19H19N3O4/c1-12-6-13(2)8-15(7-12)20-19(24)14-9-18(23)21(11-14)16-4-3-5-17(10-16)22(25)26/h3-8,10,14H,9,11H2,1-2H3,(H,20,24)/t14-/m1/s1. The quantitative estimate of drug-likeness (QED) is 0.675. The van der Waals surface area contributed by atoms with Crippen molar-refractivity contribution >= 4 is 28.9 Å². The fourth-order valence-electron chi connectivity index (χ4n) is 3.20. The molecule has 2 aromatic carbocycles. The van der Waals surface area contributed by atoms with E-state index in [4.69, 9.17) is 0 Å². The van der Waals surface area contributed by atoms with E-state index in [2.05, 4.69) is 5.32 Å². The van der Waals surface area contributed by atoms with Gasteiger partial charge >= 0.3 is 0 Å². The molecule has 0 saturated carbocycles. The predicted octanol–water partition coefficient (Wildman–Crippen LogP) is 3.20. The number of hydrogen-bond acceptors (Lipinski definition) is 4. The molecule has 7 nitrogen and oxygen atoms in total. The maximum Gasteiger partial charge on any atom is 0.271 e. The number of carbonyl (C=O) groups excluding carboxylic acids is 2. The van der Waals surface area contributed by atoms with E-state index < -0.39 is 10.8 Å². The van der Waals surface area contributed by atoms with Crippen LogP contribution in [0.5, 0.6) is 0 Å². The Bertz CT molecular complexity index is 874. The molecule has 1 N–H and O–H groups in total. The van der Waals surface area contributed by atoms with E-state index in [-0.39, 0.29) is 30.5 Å². The van der Waals surface area contributed by atoms with Gasteiger partial charge in [-0.2, -0.15) is 0 Å². The number of aryl methyl sites for hydroxylation is 2. The fraction of sp³-hybridized carbons (Fsp3) is 0.263. The molecule has 26 heavy (non-hydrogen) atoms. The molecule has 1 aliphatic rings. The van der Waals surface area contributed by atoms with Crippen LogP contribution in [0.25, 0.3) is 0 Å². The number of nitrogens with one attached hydrogen (secondary N) is 1. The first-order valence-electron chi connectivity index (χ1n) is 8.27. The first-order chi connectivity index (χ1) is 12.3. The number of nitro groups is 1. The maximum atomic E-state index is 12.5. The van der Waals surface area contributed by atoms with Crippen molar-refractivity contribution in [2.24, 2.45) is 5.92 Å². The predicted molar refractivity (Wildman–Crippen MR) is 98.1 cm³/mol. The minimum Gasteiger partial charge on any atom is -0.326 e. The number of hydrogen-bond donors (Lipinski definition) is 1. The number of nitro benzene ring substituents is 1. The Morgan fingerprint density at radius 3 is 2.54 bits per heavy atom. The second kappa shape index (κ2) is 6.95. The van der Waals surface area contributed by atoms with E-state index in [1.54, 1.807) is 6.07 Å². The molecular formula is C19H19N3O4. The Labute approximate surface area is 150 Å². The normalized spacial score (nSPS) is 16.6. The fourth-order valence-corrected chi connectivity index (χ4v) is 3.20. The average molecular weight is 353 g/mol. The number of carbonyl (C=O) groups is 2. The lowest BCUT2D eigenvalue weighted by molar-refractivity contribution is -0.384. The van der Waals surface area contributed by atoms with Crippen LogP contribution in [0.2, 0.25) is 0 Å². The summed E-state index contributed by atoms with van der Waals surface area (Å²) in [6.07, 6.45) is 0.0827. The van der Waals surface area contributed by atoms with Crippen LogP contribution in [0.1, 0.15) is 17.5 Å². The Morgan fingerprint density at radius 1 is 1.19 bits per heavy atom. The second-order valence-corrected chi connectivity index (χ2v) is 6.55. The van der Waals surface area contributed by atoms with Crippen LogP contribution in [0, 0.1) is 29.9 Å². The molecule has 134 valence electrons. The zero-order valence-electron chi connectivity index (χ0n) is 14.6. The van der Waals surface area contributed by atoms with E-state index in [9.17, 15) is 19.7 Å². The summed E-state index contributed by atoms with van der Waals surface area (Å²) in [4.78, 5) is 36.7. The topological polar surface area (TPSA) is 92.6 Å². The highest BCUT2D eigenvalue weighted by molar-refractivity contribution is 6.03. The zero-order valence-corrected chi connectivity index (χ0v) is 14.6. The van der Waals surface area contributed by atoms with Crippen molar-refractivity contribution in [1.82, 2.24) is 0 Å². The molecule has 0 radical (unpaired) electrons. The highest BCUT2D eigenvalue weighted by Crippen LogP contribution is 2.28. The molecule has 1 fully saturated rings. The Kier molecular flexibility index (Phi) is 4.71. The van der Waals surface area contributed by atoms with Gasteiger partial charge in [0.05, 0.1) is 16.5 Å². The van der Waals surface area contributed by atoms with Gasteiger partial charge in [-0.25, -0.2) is 0 Å². The first kappa shape index (κ1) is 17.6. The molecule has 0 unspecified atom stereocenters. The molecule has 2 amide bonds. The summed E-state index contributed by atoms with van der Waals surface area (Å²) >= 11 is 0. The number of nitrogens with zero attached hydrogens (tertiary/aromatic N) is 2. The van der Waals surface area contributed by atoms with E-state index in [1.165, 1.54) is 23.1 Å². The first-order valence-corrected chi connectivity index (χ1v) is 8.27. The van der Waals surface area contributed by atoms with E-state index in [0.29, 0.717) is 11.4 Å². The summed E-state index contributed by atoms with van der Waals surface area (Å²) in [6, 6.07) is 11.6. The number of non-ortho nitro benzene ring substituents is 1. The van der Waals surface area contributed by atoms with Gasteiger partial charge in [0.15, 0.2) is 0 Å². The van der Waals surface area contributed by atoms with Gasteiger partial charge in [-0.1, -0.05) is 12.1 Å². The number of rotatable bonds is 4. The van der Waals surface area contributed by atoms with Crippen molar-refractivity contribution in [2.45, 2.75) is 20.3 Å². The number of amides is 2. The average Bonchev–Trinajstić information content (AvgIpc) is 2.96. The molecule has 1 heterocycles. The van der Waals surface area contributed by atoms with Gasteiger partial charge in [0.25, 0.3) is 5.69 Å². The Hall–Kier alpha value is -3.22. The number of anilines is 2. The van der Waals surface area contributed by atoms with Crippen molar-refractivity contribution in [3.05, 3.63) is 63.7 Å². The summed E-state index contributed by atoms with van der Waals surface area (Å²) in [6.45, 7) is 4.11. The molecule has 0 bridgehead atoms. The van der Waals surface area contributed by atoms with Crippen LogP contribution in [0.15, 0.2) is 42.5 Å². The van der Waals surface area contributed by atoms with Crippen molar-refractivity contribution in [2.75, 3.05) is 16.8 Å². The van der Waals surface area contributed by atoms with Gasteiger partial charge in [0, 0.05) is 30.8 Å². The second-order valence-electron chi connectivity index (χ2n) is 6.55. The third kappa shape index (κ3) is 3.72. The van der Waals surface area contributed by atoms with Gasteiger partial charge in [-0.3, -0.25) is 19.7 Å². The van der Waals surface area contributed by atoms with Gasteiger partial charge in [-0.15, -0.1) is 0 Å². The molecule has 1 saturated heterocycles. The zero-order chi connectivity index (χ0) is 18.8. The van der Waals surface area contributed by atoms with Crippen LogP contribution in [0.4, 0.5) is 17.1 Å². The summed E-state index contributed by atoms with van der Waals surface area (Å²) in [7, 11) is 0. The van der Waals surface area contributed by atoms with Crippen LogP contribution in [-0.4, -0.2) is 23.3 Å². The molecule has 1 atom stereocenters.